The van der Waals surface area contributed by atoms with Gasteiger partial charge in [-0.05, 0) is 36.1 Å². The van der Waals surface area contributed by atoms with E-state index in [9.17, 15) is 14.7 Å². The van der Waals surface area contributed by atoms with Crippen LogP contribution in [0.3, 0.4) is 0 Å². The topological polar surface area (TPSA) is 108 Å². The van der Waals surface area contributed by atoms with E-state index in [-0.39, 0.29) is 47.7 Å². The second-order valence-corrected chi connectivity index (χ2v) is 7.74. The highest BCUT2D eigenvalue weighted by molar-refractivity contribution is 6.03. The lowest BCUT2D eigenvalue weighted by Gasteiger charge is -2.35. The summed E-state index contributed by atoms with van der Waals surface area (Å²) in [6.45, 7) is 1.84. The third kappa shape index (κ3) is 3.82. The molecule has 1 aliphatic carbocycles. The molecule has 2 aromatic rings. The maximum absolute atomic E-state index is 13.4. The van der Waals surface area contributed by atoms with Gasteiger partial charge in [0.1, 0.15) is 11.3 Å². The molecule has 0 amide bonds. The number of rotatable bonds is 5. The van der Waals surface area contributed by atoms with E-state index in [0.29, 0.717) is 23.3 Å². The molecule has 0 saturated carbocycles. The van der Waals surface area contributed by atoms with Gasteiger partial charge in [0.05, 0.1) is 19.6 Å². The second-order valence-electron chi connectivity index (χ2n) is 7.74. The SMILES string of the molecule is CCOC(=O)C1=C(N)OC2=C(C(=O)C[C@@H](c3ccccc3)C2)[C@@H]1c1ccc(O)c(OC)c1. The normalized spacial score (nSPS) is 20.5. The first-order chi connectivity index (χ1) is 15.4. The minimum atomic E-state index is -0.781. The number of nitrogens with two attached hydrogens (primary N) is 1. The number of ketones is 1. The fourth-order valence-electron chi connectivity index (χ4n) is 4.38. The standard InChI is InChI=1S/C25H25NO6/c1-3-31-25(29)23-21(15-9-10-17(27)19(12-15)30-2)22-18(28)11-16(13-20(22)32-24(23)26)14-7-5-4-6-8-14/h4-10,12,16,21,27H,3,11,13,26H2,1-2H3/t16-,21+/m1/s1. The van der Waals surface area contributed by atoms with Gasteiger partial charge in [-0.15, -0.1) is 0 Å². The van der Waals surface area contributed by atoms with Crippen LogP contribution in [0.4, 0.5) is 0 Å². The van der Waals surface area contributed by atoms with Gasteiger partial charge in [-0.3, -0.25) is 4.79 Å². The van der Waals surface area contributed by atoms with E-state index in [1.54, 1.807) is 19.1 Å². The average Bonchev–Trinajstić information content (AvgIpc) is 2.79. The van der Waals surface area contributed by atoms with Gasteiger partial charge in [0, 0.05) is 18.4 Å². The molecule has 0 fully saturated rings. The van der Waals surface area contributed by atoms with Crippen LogP contribution in [0.1, 0.15) is 42.7 Å². The number of allylic oxidation sites excluding steroid dienone is 2. The van der Waals surface area contributed by atoms with Crippen LogP contribution in [0.5, 0.6) is 11.5 Å². The molecule has 0 bridgehead atoms. The largest absolute Gasteiger partial charge is 0.504 e. The molecule has 2 atom stereocenters. The number of ether oxygens (including phenoxy) is 3. The number of Topliss-reactive ketones (excluding diaryl/α,β-unsaturated/α-hetero) is 1. The third-order valence-corrected chi connectivity index (χ3v) is 5.84. The Balaban J connectivity index is 1.83. The summed E-state index contributed by atoms with van der Waals surface area (Å²) >= 11 is 0. The highest BCUT2D eigenvalue weighted by Gasteiger charge is 2.43. The number of methoxy groups -OCH3 is 1. The van der Waals surface area contributed by atoms with E-state index in [0.717, 1.165) is 5.56 Å². The molecule has 0 saturated heterocycles. The second kappa shape index (κ2) is 8.78. The number of esters is 1. The van der Waals surface area contributed by atoms with Crippen molar-refractivity contribution in [2.75, 3.05) is 13.7 Å². The summed E-state index contributed by atoms with van der Waals surface area (Å²) in [4.78, 5) is 26.2. The molecular weight excluding hydrogens is 410 g/mol. The van der Waals surface area contributed by atoms with Gasteiger partial charge >= 0.3 is 5.97 Å². The van der Waals surface area contributed by atoms with Crippen LogP contribution < -0.4 is 10.5 Å². The fourth-order valence-corrected chi connectivity index (χ4v) is 4.38. The predicted molar refractivity (Wildman–Crippen MR) is 117 cm³/mol. The zero-order chi connectivity index (χ0) is 22.8. The van der Waals surface area contributed by atoms with Gasteiger partial charge in [0.25, 0.3) is 0 Å². The fraction of sp³-hybridized carbons (Fsp3) is 0.280. The number of benzene rings is 2. The molecule has 7 nitrogen and oxygen atoms in total. The molecule has 2 aromatic carbocycles. The lowest BCUT2D eigenvalue weighted by Crippen LogP contribution is -2.33. The quantitative estimate of drug-likeness (QED) is 0.690. The van der Waals surface area contributed by atoms with Crippen molar-refractivity contribution in [1.29, 1.82) is 0 Å². The van der Waals surface area contributed by atoms with E-state index in [1.165, 1.54) is 13.2 Å². The van der Waals surface area contributed by atoms with Crippen LogP contribution in [0.25, 0.3) is 0 Å². The summed E-state index contributed by atoms with van der Waals surface area (Å²) in [7, 11) is 1.43. The lowest BCUT2D eigenvalue weighted by atomic mass is 9.73. The van der Waals surface area contributed by atoms with Crippen molar-refractivity contribution < 1.29 is 28.9 Å². The summed E-state index contributed by atoms with van der Waals surface area (Å²) in [6.07, 6.45) is 0.765. The number of carbonyl (C=O) groups excluding carboxylic acids is 2. The minimum Gasteiger partial charge on any atom is -0.504 e. The highest BCUT2D eigenvalue weighted by Crippen LogP contribution is 2.48. The maximum Gasteiger partial charge on any atom is 0.340 e. The van der Waals surface area contributed by atoms with Gasteiger partial charge in [-0.2, -0.15) is 0 Å². The van der Waals surface area contributed by atoms with Crippen molar-refractivity contribution in [3.63, 3.8) is 0 Å². The monoisotopic (exact) mass is 435 g/mol. The lowest BCUT2D eigenvalue weighted by molar-refractivity contribution is -0.139. The van der Waals surface area contributed by atoms with E-state index >= 15 is 0 Å². The van der Waals surface area contributed by atoms with Crippen molar-refractivity contribution in [3.05, 3.63) is 82.4 Å². The third-order valence-electron chi connectivity index (χ3n) is 5.84. The Hall–Kier alpha value is -3.74. The van der Waals surface area contributed by atoms with Gasteiger partial charge in [0.15, 0.2) is 17.3 Å². The van der Waals surface area contributed by atoms with Crippen LogP contribution in [0, 0.1) is 0 Å². The molecule has 2 aliphatic rings. The molecular formula is C25H25NO6. The van der Waals surface area contributed by atoms with Crippen LogP contribution in [-0.2, 0) is 19.1 Å². The number of aromatic hydroxyl groups is 1. The zero-order valence-electron chi connectivity index (χ0n) is 18.0. The Morgan fingerprint density at radius 1 is 1.16 bits per heavy atom. The van der Waals surface area contributed by atoms with Crippen LogP contribution in [0.2, 0.25) is 0 Å². The van der Waals surface area contributed by atoms with Crippen LogP contribution in [-0.4, -0.2) is 30.6 Å². The molecule has 0 spiro atoms. The summed E-state index contributed by atoms with van der Waals surface area (Å²) in [5.74, 6) is -1.04. The Bertz CT molecular complexity index is 1120. The van der Waals surface area contributed by atoms with Gasteiger partial charge in [-0.1, -0.05) is 36.4 Å². The predicted octanol–water partition coefficient (Wildman–Crippen LogP) is 3.65. The highest BCUT2D eigenvalue weighted by atomic mass is 16.5. The van der Waals surface area contributed by atoms with Crippen LogP contribution >= 0.6 is 0 Å². The van der Waals surface area contributed by atoms with Gasteiger partial charge in [0.2, 0.25) is 5.88 Å². The number of hydrogen-bond acceptors (Lipinski definition) is 7. The molecule has 1 aliphatic heterocycles. The zero-order valence-corrected chi connectivity index (χ0v) is 18.0. The molecule has 7 heteroatoms. The van der Waals surface area contributed by atoms with Gasteiger partial charge < -0.3 is 25.1 Å². The minimum absolute atomic E-state index is 0.0469. The molecule has 0 aromatic heterocycles. The number of phenols is 1. The Kier molecular flexibility index (Phi) is 5.90. The van der Waals surface area contributed by atoms with E-state index in [1.807, 2.05) is 30.3 Å². The number of carbonyl (C=O) groups is 2. The van der Waals surface area contributed by atoms with Crippen molar-refractivity contribution >= 4 is 11.8 Å². The van der Waals surface area contributed by atoms with Crippen molar-refractivity contribution in [1.82, 2.24) is 0 Å². The molecule has 0 radical (unpaired) electrons. The summed E-state index contributed by atoms with van der Waals surface area (Å²) in [6, 6.07) is 14.5. The van der Waals surface area contributed by atoms with Gasteiger partial charge in [-0.25, -0.2) is 4.79 Å². The molecule has 166 valence electrons. The van der Waals surface area contributed by atoms with Crippen molar-refractivity contribution in [3.8, 4) is 11.5 Å². The Labute approximate surface area is 186 Å². The summed E-state index contributed by atoms with van der Waals surface area (Å²) in [5, 5.41) is 10.0. The summed E-state index contributed by atoms with van der Waals surface area (Å²) < 4.78 is 16.3. The van der Waals surface area contributed by atoms with Crippen LogP contribution in [0.15, 0.2) is 71.3 Å². The average molecular weight is 435 g/mol. The van der Waals surface area contributed by atoms with E-state index < -0.39 is 11.9 Å². The smallest absolute Gasteiger partial charge is 0.340 e. The maximum atomic E-state index is 13.4. The van der Waals surface area contributed by atoms with E-state index in [4.69, 9.17) is 19.9 Å². The molecule has 1 heterocycles. The summed E-state index contributed by atoms with van der Waals surface area (Å²) in [5.41, 5.74) is 8.29. The van der Waals surface area contributed by atoms with E-state index in [2.05, 4.69) is 0 Å². The molecule has 4 rings (SSSR count). The molecule has 3 N–H and O–H groups in total. The Morgan fingerprint density at radius 2 is 1.91 bits per heavy atom. The number of hydrogen-bond donors (Lipinski definition) is 2. The first kappa shape index (κ1) is 21.5. The van der Waals surface area contributed by atoms with Crippen molar-refractivity contribution in [2.24, 2.45) is 5.73 Å². The first-order valence-corrected chi connectivity index (χ1v) is 10.5. The van der Waals surface area contributed by atoms with Crippen molar-refractivity contribution in [2.45, 2.75) is 31.6 Å². The molecule has 0 unspecified atom stereocenters. The number of phenolic OH excluding ortho intramolecular Hbond substituents is 1. The molecule has 32 heavy (non-hydrogen) atoms. The first-order valence-electron chi connectivity index (χ1n) is 10.5. The Morgan fingerprint density at radius 3 is 2.59 bits per heavy atom.